The standard InChI is InChI=1S/C23H15F3N8O/c24-23(25,26)15-6-9-33-18(15)22(35)34(14-4-2-1-3-5-14)20(31-33)16-7-8-32(16)21-17-13(10-27)11-28-19(17)29-12-30-21/h1-6,9,11-12,16H,7-8H2,(H,28,29,30)/t16-/m0/s1. The van der Waals surface area contributed by atoms with Crippen molar-refractivity contribution in [3.05, 3.63) is 82.4 Å². The quantitative estimate of drug-likeness (QED) is 0.426. The summed E-state index contributed by atoms with van der Waals surface area (Å²) in [6.45, 7) is 0.551. The maximum absolute atomic E-state index is 13.6. The number of rotatable bonds is 3. The molecule has 4 aromatic heterocycles. The van der Waals surface area contributed by atoms with E-state index in [1.54, 1.807) is 36.5 Å². The first-order chi connectivity index (χ1) is 16.9. The van der Waals surface area contributed by atoms with Gasteiger partial charge in [0.15, 0.2) is 5.82 Å². The van der Waals surface area contributed by atoms with Gasteiger partial charge in [0.1, 0.15) is 29.4 Å². The molecule has 0 spiro atoms. The zero-order valence-corrected chi connectivity index (χ0v) is 17.9. The van der Waals surface area contributed by atoms with Crippen molar-refractivity contribution in [2.75, 3.05) is 11.4 Å². The Labute approximate surface area is 194 Å². The third kappa shape index (κ3) is 3.08. The van der Waals surface area contributed by atoms with Gasteiger partial charge in [-0.05, 0) is 24.6 Å². The largest absolute Gasteiger partial charge is 0.418 e. The summed E-state index contributed by atoms with van der Waals surface area (Å²) in [6, 6.07) is 10.9. The lowest BCUT2D eigenvalue weighted by Crippen LogP contribution is -2.45. The van der Waals surface area contributed by atoms with Crippen molar-refractivity contribution in [3.8, 4) is 11.8 Å². The topological polar surface area (TPSA) is 108 Å². The van der Waals surface area contributed by atoms with Crippen LogP contribution in [-0.2, 0) is 6.18 Å². The van der Waals surface area contributed by atoms with E-state index in [0.29, 0.717) is 41.1 Å². The average Bonchev–Trinajstić information content (AvgIpc) is 3.44. The molecular weight excluding hydrogens is 461 g/mol. The number of benzene rings is 1. The van der Waals surface area contributed by atoms with Gasteiger partial charge in [0.25, 0.3) is 5.56 Å². The van der Waals surface area contributed by atoms with Gasteiger partial charge < -0.3 is 9.88 Å². The van der Waals surface area contributed by atoms with Crippen molar-refractivity contribution < 1.29 is 13.2 Å². The second kappa shape index (κ2) is 7.42. The Bertz CT molecular complexity index is 1690. The van der Waals surface area contributed by atoms with Crippen LogP contribution in [0, 0.1) is 11.3 Å². The number of H-pyrrole nitrogens is 1. The molecule has 1 aliphatic heterocycles. The van der Waals surface area contributed by atoms with Crippen LogP contribution < -0.4 is 10.5 Å². The summed E-state index contributed by atoms with van der Waals surface area (Å²) < 4.78 is 43.1. The Morgan fingerprint density at radius 3 is 2.63 bits per heavy atom. The van der Waals surface area contributed by atoms with Crippen molar-refractivity contribution in [1.82, 2.24) is 29.1 Å². The van der Waals surface area contributed by atoms with Crippen molar-refractivity contribution in [3.63, 3.8) is 0 Å². The predicted octanol–water partition coefficient (Wildman–Crippen LogP) is 3.60. The SMILES string of the molecule is N#Cc1c[nH]c2ncnc(N3CC[C@H]3c3nn4ccc(C(F)(F)F)c4c(=O)n3-c3ccccc3)c12. The maximum atomic E-state index is 13.6. The smallest absolute Gasteiger partial charge is 0.345 e. The zero-order chi connectivity index (χ0) is 24.3. The normalized spacial score (nSPS) is 15.9. The van der Waals surface area contributed by atoms with Gasteiger partial charge in [0.05, 0.1) is 28.2 Å². The highest BCUT2D eigenvalue weighted by Gasteiger charge is 2.39. The van der Waals surface area contributed by atoms with Gasteiger partial charge >= 0.3 is 6.18 Å². The fraction of sp³-hybridized carbons (Fsp3) is 0.174. The highest BCUT2D eigenvalue weighted by molar-refractivity contribution is 5.93. The summed E-state index contributed by atoms with van der Waals surface area (Å²) in [6.07, 6.45) is -0.0730. The number of alkyl halides is 3. The number of aromatic amines is 1. The summed E-state index contributed by atoms with van der Waals surface area (Å²) in [5.41, 5.74) is -1.15. The summed E-state index contributed by atoms with van der Waals surface area (Å²) in [5.74, 6) is 0.756. The number of anilines is 1. The molecular formula is C23H15F3N8O. The van der Waals surface area contributed by atoms with Gasteiger partial charge in [0.2, 0.25) is 0 Å². The Morgan fingerprint density at radius 1 is 1.14 bits per heavy atom. The van der Waals surface area contributed by atoms with Gasteiger partial charge in [-0.15, -0.1) is 0 Å². The summed E-state index contributed by atoms with van der Waals surface area (Å²) in [4.78, 5) is 26.9. The number of para-hydroxylation sites is 1. The van der Waals surface area contributed by atoms with Crippen LogP contribution in [0.15, 0.2) is 59.9 Å². The van der Waals surface area contributed by atoms with E-state index in [-0.39, 0.29) is 5.82 Å². The number of hydrogen-bond acceptors (Lipinski definition) is 6. The third-order valence-electron chi connectivity index (χ3n) is 6.19. The molecule has 6 rings (SSSR count). The van der Waals surface area contributed by atoms with Crippen LogP contribution in [0.1, 0.15) is 29.4 Å². The lowest BCUT2D eigenvalue weighted by molar-refractivity contribution is -0.136. The average molecular weight is 476 g/mol. The molecule has 12 heteroatoms. The predicted molar refractivity (Wildman–Crippen MR) is 119 cm³/mol. The summed E-state index contributed by atoms with van der Waals surface area (Å²) >= 11 is 0. The number of aromatic nitrogens is 6. The van der Waals surface area contributed by atoms with Crippen LogP contribution in [-0.4, -0.2) is 35.7 Å². The molecule has 0 unspecified atom stereocenters. The fourth-order valence-corrected chi connectivity index (χ4v) is 4.52. The second-order valence-electron chi connectivity index (χ2n) is 8.09. The van der Waals surface area contributed by atoms with Crippen molar-refractivity contribution >= 4 is 22.4 Å². The Hall–Kier alpha value is -4.66. The number of hydrogen-bond donors (Lipinski definition) is 1. The van der Waals surface area contributed by atoms with Crippen LogP contribution in [0.25, 0.3) is 22.2 Å². The van der Waals surface area contributed by atoms with E-state index >= 15 is 0 Å². The lowest BCUT2D eigenvalue weighted by Gasteiger charge is -2.42. The molecule has 174 valence electrons. The number of fused-ring (bicyclic) bond motifs is 2. The van der Waals surface area contributed by atoms with E-state index < -0.39 is 28.9 Å². The second-order valence-corrected chi connectivity index (χ2v) is 8.09. The minimum absolute atomic E-state index is 0.269. The van der Waals surface area contributed by atoms with E-state index in [1.807, 2.05) is 4.90 Å². The van der Waals surface area contributed by atoms with Gasteiger partial charge in [-0.3, -0.25) is 9.36 Å². The van der Waals surface area contributed by atoms with Crippen molar-refractivity contribution in [2.24, 2.45) is 0 Å². The molecule has 5 aromatic rings. The van der Waals surface area contributed by atoms with Crippen molar-refractivity contribution in [1.29, 1.82) is 5.26 Å². The Balaban J connectivity index is 1.59. The van der Waals surface area contributed by atoms with E-state index in [4.69, 9.17) is 0 Å². The van der Waals surface area contributed by atoms with E-state index in [1.165, 1.54) is 10.9 Å². The van der Waals surface area contributed by atoms with E-state index in [0.717, 1.165) is 16.8 Å². The molecule has 9 nitrogen and oxygen atoms in total. The monoisotopic (exact) mass is 476 g/mol. The van der Waals surface area contributed by atoms with Crippen LogP contribution in [0.2, 0.25) is 0 Å². The van der Waals surface area contributed by atoms with Crippen LogP contribution >= 0.6 is 0 Å². The zero-order valence-electron chi connectivity index (χ0n) is 17.9. The van der Waals surface area contributed by atoms with E-state index in [2.05, 4.69) is 26.1 Å². The molecule has 0 aliphatic carbocycles. The number of nitrogens with one attached hydrogen (secondary N) is 1. The molecule has 0 saturated carbocycles. The molecule has 0 bridgehead atoms. The molecule has 1 fully saturated rings. The first-order valence-electron chi connectivity index (χ1n) is 10.6. The molecule has 1 atom stereocenters. The van der Waals surface area contributed by atoms with Gasteiger partial charge in [-0.2, -0.15) is 23.5 Å². The Kier molecular flexibility index (Phi) is 4.44. The minimum atomic E-state index is -4.71. The minimum Gasteiger partial charge on any atom is -0.345 e. The highest BCUT2D eigenvalue weighted by atomic mass is 19.4. The molecule has 1 aromatic carbocycles. The summed E-state index contributed by atoms with van der Waals surface area (Å²) in [7, 11) is 0. The van der Waals surface area contributed by atoms with Crippen LogP contribution in [0.3, 0.4) is 0 Å². The van der Waals surface area contributed by atoms with Gasteiger partial charge in [-0.1, -0.05) is 18.2 Å². The van der Waals surface area contributed by atoms with E-state index in [9.17, 15) is 23.2 Å². The third-order valence-corrected chi connectivity index (χ3v) is 6.19. The van der Waals surface area contributed by atoms with Crippen LogP contribution in [0.4, 0.5) is 19.0 Å². The first-order valence-corrected chi connectivity index (χ1v) is 10.6. The summed E-state index contributed by atoms with van der Waals surface area (Å²) in [5, 5.41) is 14.5. The molecule has 1 aliphatic rings. The molecule has 0 radical (unpaired) electrons. The molecule has 0 amide bonds. The fourth-order valence-electron chi connectivity index (χ4n) is 4.52. The van der Waals surface area contributed by atoms with Crippen LogP contribution in [0.5, 0.6) is 0 Å². The molecule has 5 heterocycles. The number of nitriles is 1. The first kappa shape index (κ1) is 20.9. The lowest BCUT2D eigenvalue weighted by atomic mass is 10.0. The Morgan fingerprint density at radius 2 is 1.94 bits per heavy atom. The van der Waals surface area contributed by atoms with Crippen molar-refractivity contribution in [2.45, 2.75) is 18.6 Å². The highest BCUT2D eigenvalue weighted by Crippen LogP contribution is 2.40. The van der Waals surface area contributed by atoms with Gasteiger partial charge in [0, 0.05) is 18.9 Å². The molecule has 1 N–H and O–H groups in total. The van der Waals surface area contributed by atoms with Gasteiger partial charge in [-0.25, -0.2) is 14.5 Å². The molecule has 1 saturated heterocycles. The number of nitrogens with zero attached hydrogens (tertiary/aromatic N) is 7. The maximum Gasteiger partial charge on any atom is 0.418 e. The molecule has 35 heavy (non-hydrogen) atoms. The number of halogens is 3.